The first kappa shape index (κ1) is 26.4. The van der Waals surface area contributed by atoms with Crippen LogP contribution in [0.15, 0.2) is 72.8 Å². The van der Waals surface area contributed by atoms with Crippen LogP contribution >= 0.6 is 0 Å². The Morgan fingerprint density at radius 3 is 2.16 bits per heavy atom. The van der Waals surface area contributed by atoms with Crippen molar-refractivity contribution < 1.29 is 22.3 Å². The van der Waals surface area contributed by atoms with Gasteiger partial charge in [0, 0.05) is 24.6 Å². The first-order chi connectivity index (χ1) is 18.2. The van der Waals surface area contributed by atoms with E-state index in [1.54, 1.807) is 0 Å². The Morgan fingerprint density at radius 1 is 1.05 bits per heavy atom. The predicted molar refractivity (Wildman–Crippen MR) is 145 cm³/mol. The van der Waals surface area contributed by atoms with Crippen LogP contribution in [0.1, 0.15) is 65.7 Å². The van der Waals surface area contributed by atoms with Crippen molar-refractivity contribution in [2.45, 2.75) is 38.6 Å². The van der Waals surface area contributed by atoms with Gasteiger partial charge in [-0.25, -0.2) is 17.5 Å². The van der Waals surface area contributed by atoms with Crippen LogP contribution in [-0.2, 0) is 10.0 Å². The fourth-order valence-electron chi connectivity index (χ4n) is 5.20. The van der Waals surface area contributed by atoms with Gasteiger partial charge >= 0.3 is 0 Å². The van der Waals surface area contributed by atoms with Crippen LogP contribution < -0.4 is 9.46 Å². The van der Waals surface area contributed by atoms with E-state index < -0.39 is 21.7 Å². The van der Waals surface area contributed by atoms with E-state index in [1.165, 1.54) is 30.2 Å². The van der Waals surface area contributed by atoms with Crippen molar-refractivity contribution in [3.05, 3.63) is 101 Å². The molecule has 2 aliphatic rings. The molecule has 6 nitrogen and oxygen atoms in total. The van der Waals surface area contributed by atoms with Crippen LogP contribution in [0.25, 0.3) is 0 Å². The molecule has 1 heterocycles. The topological polar surface area (TPSA) is 75.7 Å². The molecular weight excluding hydrogens is 503 g/mol. The van der Waals surface area contributed by atoms with E-state index in [0.29, 0.717) is 12.4 Å². The SMILES string of the molecule is CCS(=O)(=O)NC(=O)c1cc(C2CC2)c(OCC2(C)CN(C(c3ccccc3)c3ccccc3)C2)cc1F. The van der Waals surface area contributed by atoms with Crippen LogP contribution in [0.4, 0.5) is 4.39 Å². The van der Waals surface area contributed by atoms with Gasteiger partial charge in [-0.2, -0.15) is 0 Å². The van der Waals surface area contributed by atoms with Gasteiger partial charge in [-0.1, -0.05) is 67.6 Å². The maximum absolute atomic E-state index is 15.0. The Bertz CT molecular complexity index is 1360. The van der Waals surface area contributed by atoms with Crippen molar-refractivity contribution in [1.29, 1.82) is 0 Å². The molecule has 1 saturated heterocycles. The Morgan fingerprint density at radius 2 is 1.63 bits per heavy atom. The number of rotatable bonds is 10. The van der Waals surface area contributed by atoms with E-state index in [9.17, 15) is 17.6 Å². The second kappa shape index (κ2) is 10.5. The van der Waals surface area contributed by atoms with Crippen LogP contribution in [0, 0.1) is 11.2 Å². The van der Waals surface area contributed by atoms with E-state index in [2.05, 4.69) is 60.4 Å². The van der Waals surface area contributed by atoms with E-state index in [-0.39, 0.29) is 28.7 Å². The molecule has 0 spiro atoms. The molecule has 2 fully saturated rings. The fourth-order valence-corrected chi connectivity index (χ4v) is 5.73. The van der Waals surface area contributed by atoms with E-state index in [0.717, 1.165) is 31.5 Å². The van der Waals surface area contributed by atoms with Crippen molar-refractivity contribution in [3.8, 4) is 5.75 Å². The third-order valence-corrected chi connectivity index (χ3v) is 8.59. The van der Waals surface area contributed by atoms with Gasteiger partial charge in [0.2, 0.25) is 10.0 Å². The normalized spacial score (nSPS) is 17.2. The maximum atomic E-state index is 15.0. The van der Waals surface area contributed by atoms with Gasteiger partial charge in [0.25, 0.3) is 5.91 Å². The second-order valence-electron chi connectivity index (χ2n) is 10.7. The molecule has 0 bridgehead atoms. The lowest BCUT2D eigenvalue weighted by Gasteiger charge is -2.51. The number of likely N-dealkylation sites (tertiary alicyclic amines) is 1. The highest BCUT2D eigenvalue weighted by molar-refractivity contribution is 7.90. The van der Waals surface area contributed by atoms with Crippen molar-refractivity contribution >= 4 is 15.9 Å². The number of amides is 1. The molecule has 1 amide bonds. The third-order valence-electron chi connectivity index (χ3n) is 7.33. The van der Waals surface area contributed by atoms with E-state index in [1.807, 2.05) is 16.9 Å². The largest absolute Gasteiger partial charge is 0.493 e. The average molecular weight is 537 g/mol. The molecule has 1 saturated carbocycles. The molecule has 8 heteroatoms. The van der Waals surface area contributed by atoms with Gasteiger partial charge in [-0.3, -0.25) is 9.69 Å². The molecular formula is C30H33FN2O4S. The summed E-state index contributed by atoms with van der Waals surface area (Å²) in [4.78, 5) is 14.9. The fraction of sp³-hybridized carbons (Fsp3) is 0.367. The van der Waals surface area contributed by atoms with E-state index in [4.69, 9.17) is 4.74 Å². The average Bonchev–Trinajstić information content (AvgIpc) is 3.73. The maximum Gasteiger partial charge on any atom is 0.267 e. The quantitative estimate of drug-likeness (QED) is 0.382. The zero-order valence-corrected chi connectivity index (χ0v) is 22.5. The predicted octanol–water partition coefficient (Wildman–Crippen LogP) is 5.27. The summed E-state index contributed by atoms with van der Waals surface area (Å²) < 4.78 is 46.7. The minimum absolute atomic E-state index is 0.121. The van der Waals surface area contributed by atoms with Gasteiger partial charge in [0.1, 0.15) is 11.6 Å². The Hall–Kier alpha value is -3.23. The summed E-state index contributed by atoms with van der Waals surface area (Å²) >= 11 is 0. The Kier molecular flexibility index (Phi) is 7.29. The molecule has 3 aromatic rings. The molecule has 200 valence electrons. The number of ether oxygens (including phenoxy) is 1. The smallest absolute Gasteiger partial charge is 0.267 e. The highest BCUT2D eigenvalue weighted by atomic mass is 32.2. The zero-order valence-electron chi connectivity index (χ0n) is 21.7. The van der Waals surface area contributed by atoms with Crippen LogP contribution in [0.3, 0.4) is 0 Å². The van der Waals surface area contributed by atoms with E-state index >= 15 is 0 Å². The van der Waals surface area contributed by atoms with Crippen LogP contribution in [-0.4, -0.2) is 44.7 Å². The minimum Gasteiger partial charge on any atom is -0.493 e. The molecule has 0 unspecified atom stereocenters. The number of sulfonamides is 1. The highest BCUT2D eigenvalue weighted by Crippen LogP contribution is 2.46. The summed E-state index contributed by atoms with van der Waals surface area (Å²) in [5.74, 6) is -1.38. The molecule has 0 atom stereocenters. The summed E-state index contributed by atoms with van der Waals surface area (Å²) in [5.41, 5.74) is 2.84. The van der Waals surface area contributed by atoms with Gasteiger partial charge in [0.05, 0.1) is 24.0 Å². The number of hydrogen-bond acceptors (Lipinski definition) is 5. The molecule has 3 aromatic carbocycles. The number of benzene rings is 3. The number of carbonyl (C=O) groups excluding carboxylic acids is 1. The molecule has 1 N–H and O–H groups in total. The lowest BCUT2D eigenvalue weighted by atomic mass is 9.79. The monoisotopic (exact) mass is 536 g/mol. The number of nitrogens with zero attached hydrogens (tertiary/aromatic N) is 1. The van der Waals surface area contributed by atoms with Crippen molar-refractivity contribution in [3.63, 3.8) is 0 Å². The number of carbonyl (C=O) groups is 1. The molecule has 5 rings (SSSR count). The third kappa shape index (κ3) is 5.76. The van der Waals surface area contributed by atoms with Crippen molar-refractivity contribution in [2.24, 2.45) is 5.41 Å². The lowest BCUT2D eigenvalue weighted by molar-refractivity contribution is -0.0379. The summed E-state index contributed by atoms with van der Waals surface area (Å²) in [7, 11) is -3.79. The number of halogens is 1. The minimum atomic E-state index is -3.79. The van der Waals surface area contributed by atoms with Gasteiger partial charge in [0.15, 0.2) is 0 Å². The first-order valence-electron chi connectivity index (χ1n) is 13.0. The summed E-state index contributed by atoms with van der Waals surface area (Å²) in [6.07, 6.45) is 1.86. The molecule has 38 heavy (non-hydrogen) atoms. The van der Waals surface area contributed by atoms with Crippen LogP contribution in [0.2, 0.25) is 0 Å². The summed E-state index contributed by atoms with van der Waals surface area (Å²) in [6, 6.07) is 23.7. The Labute approximate surface area is 223 Å². The lowest BCUT2D eigenvalue weighted by Crippen LogP contribution is -2.58. The van der Waals surface area contributed by atoms with Crippen molar-refractivity contribution in [1.82, 2.24) is 9.62 Å². The van der Waals surface area contributed by atoms with Crippen LogP contribution in [0.5, 0.6) is 5.75 Å². The standard InChI is InChI=1S/C30H33FN2O4S/c1-3-38(35,36)32-29(34)25-16-24(21-14-15-21)27(17-26(25)31)37-20-30(2)18-33(19-30)28(22-10-6-4-7-11-22)23-12-8-5-9-13-23/h4-13,16-17,21,28H,3,14-15,18-20H2,1-2H3,(H,32,34). The van der Waals surface area contributed by atoms with Gasteiger partial charge in [-0.05, 0) is 48.4 Å². The number of nitrogens with one attached hydrogen (secondary N) is 1. The second-order valence-corrected chi connectivity index (χ2v) is 12.7. The van der Waals surface area contributed by atoms with Gasteiger partial charge in [-0.15, -0.1) is 0 Å². The summed E-state index contributed by atoms with van der Waals surface area (Å²) in [5, 5.41) is 0. The van der Waals surface area contributed by atoms with Crippen molar-refractivity contribution in [2.75, 3.05) is 25.4 Å². The first-order valence-corrected chi connectivity index (χ1v) is 14.7. The molecule has 0 radical (unpaired) electrons. The molecule has 0 aromatic heterocycles. The highest BCUT2D eigenvalue weighted by Gasteiger charge is 2.43. The zero-order chi connectivity index (χ0) is 26.9. The Balaban J connectivity index is 1.30. The summed E-state index contributed by atoms with van der Waals surface area (Å²) in [6.45, 7) is 5.63. The molecule has 1 aliphatic heterocycles. The number of hydrogen-bond donors (Lipinski definition) is 1. The van der Waals surface area contributed by atoms with Gasteiger partial charge < -0.3 is 4.74 Å². The molecule has 1 aliphatic carbocycles.